The first-order chi connectivity index (χ1) is 4.86. The molecule has 52 valence electrons. The Morgan fingerprint density at radius 3 is 3.30 bits per heavy atom. The van der Waals surface area contributed by atoms with Crippen molar-refractivity contribution in [3.63, 3.8) is 0 Å². The van der Waals surface area contributed by atoms with E-state index in [1.54, 1.807) is 0 Å². The summed E-state index contributed by atoms with van der Waals surface area (Å²) < 4.78 is 1.85. The Hall–Kier alpha value is -0.320. The van der Waals surface area contributed by atoms with Crippen LogP contribution in [0.5, 0.6) is 0 Å². The van der Waals surface area contributed by atoms with E-state index in [0.29, 0.717) is 0 Å². The number of hydrogen-bond donors (Lipinski definition) is 0. The largest absolute Gasteiger partial charge is 0.211 e. The molecule has 0 radical (unpaired) electrons. The maximum Gasteiger partial charge on any atom is 0.0888 e. The highest BCUT2D eigenvalue weighted by molar-refractivity contribution is 14.1. The third-order valence-electron chi connectivity index (χ3n) is 1.65. The van der Waals surface area contributed by atoms with Gasteiger partial charge in [-0.15, -0.1) is 0 Å². The molecule has 0 spiro atoms. The van der Waals surface area contributed by atoms with Crippen LogP contribution in [-0.2, 0) is 6.42 Å². The van der Waals surface area contributed by atoms with Crippen molar-refractivity contribution in [2.24, 2.45) is 0 Å². The Kier molecular flexibility index (Phi) is 1.52. The molecule has 1 heterocycles. The number of aryl methyl sites for hydroxylation is 1. The van der Waals surface area contributed by atoms with Crippen LogP contribution in [0.1, 0.15) is 17.7 Å². The Morgan fingerprint density at radius 1 is 1.60 bits per heavy atom. The molecule has 1 aliphatic carbocycles. The minimum absolute atomic E-state index is 1.14. The van der Waals surface area contributed by atoms with E-state index in [2.05, 4.69) is 46.3 Å². The van der Waals surface area contributed by atoms with Gasteiger partial charge in [-0.05, 0) is 24.5 Å². The molecule has 10 heavy (non-hydrogen) atoms. The number of aromatic nitrogens is 2. The van der Waals surface area contributed by atoms with Crippen LogP contribution in [-0.4, -0.2) is 7.99 Å². The van der Waals surface area contributed by atoms with Crippen molar-refractivity contribution in [3.8, 4) is 0 Å². The minimum Gasteiger partial charge on any atom is -0.211 e. The molecule has 2 rings (SSSR count). The molecule has 0 N–H and O–H groups in total. The molecule has 1 aromatic rings. The Bertz CT molecular complexity index is 275. The molecular weight excluding hydrogens is 239 g/mol. The molecule has 0 aliphatic heterocycles. The average molecular weight is 246 g/mol. The third-order valence-corrected chi connectivity index (χ3v) is 2.14. The van der Waals surface area contributed by atoms with E-state index < -0.39 is 0 Å². The molecule has 0 unspecified atom stereocenters. The zero-order chi connectivity index (χ0) is 6.97. The van der Waals surface area contributed by atoms with Crippen molar-refractivity contribution in [3.05, 3.63) is 23.5 Å². The van der Waals surface area contributed by atoms with Gasteiger partial charge >= 0.3 is 0 Å². The first-order valence-corrected chi connectivity index (χ1v) is 4.24. The van der Waals surface area contributed by atoms with Gasteiger partial charge in [0.1, 0.15) is 0 Å². The number of rotatable bonds is 0. The summed E-state index contributed by atoms with van der Waals surface area (Å²) in [4.78, 5) is 0. The molecule has 3 heteroatoms. The lowest BCUT2D eigenvalue weighted by Gasteiger charge is -1.99. The van der Waals surface area contributed by atoms with E-state index in [4.69, 9.17) is 0 Å². The highest BCUT2D eigenvalue weighted by Crippen LogP contribution is 2.17. The van der Waals surface area contributed by atoms with E-state index in [0.717, 1.165) is 18.5 Å². The van der Waals surface area contributed by atoms with Crippen LogP contribution < -0.4 is 0 Å². The Morgan fingerprint density at radius 2 is 2.50 bits per heavy atom. The molecule has 0 atom stereocenters. The van der Waals surface area contributed by atoms with Crippen LogP contribution in [0.2, 0.25) is 0 Å². The lowest BCUT2D eigenvalue weighted by atomic mass is 10.1. The zero-order valence-electron chi connectivity index (χ0n) is 5.42. The average Bonchev–Trinajstić information content (AvgIpc) is 2.27. The van der Waals surface area contributed by atoms with E-state index in [-0.39, 0.29) is 0 Å². The van der Waals surface area contributed by atoms with Gasteiger partial charge in [-0.1, -0.05) is 6.08 Å². The maximum atomic E-state index is 4.27. The normalized spacial score (nSPS) is 15.3. The molecule has 0 bridgehead atoms. The van der Waals surface area contributed by atoms with Crippen LogP contribution in [0, 0.1) is 0 Å². The van der Waals surface area contributed by atoms with Crippen molar-refractivity contribution >= 4 is 28.9 Å². The van der Waals surface area contributed by atoms with Crippen molar-refractivity contribution < 1.29 is 0 Å². The third kappa shape index (κ3) is 0.982. The summed E-state index contributed by atoms with van der Waals surface area (Å²) in [5, 5.41) is 4.27. The molecule has 0 aromatic carbocycles. The SMILES string of the molecule is In1cc2c(n1)C=CCC2. The minimum atomic E-state index is 1.14. The first kappa shape index (κ1) is 6.39. The fourth-order valence-corrected chi connectivity index (χ4v) is 1.73. The van der Waals surface area contributed by atoms with Gasteiger partial charge < -0.3 is 0 Å². The summed E-state index contributed by atoms with van der Waals surface area (Å²) in [5.74, 6) is 0. The Balaban J connectivity index is 2.53. The van der Waals surface area contributed by atoms with Crippen LogP contribution in [0.4, 0.5) is 0 Å². The number of hydrogen-bond acceptors (Lipinski definition) is 1. The van der Waals surface area contributed by atoms with Crippen molar-refractivity contribution in [1.82, 2.24) is 7.99 Å². The molecule has 1 aliphatic rings. The summed E-state index contributed by atoms with van der Waals surface area (Å²) >= 11 is 2.17. The first-order valence-electron chi connectivity index (χ1n) is 3.27. The van der Waals surface area contributed by atoms with Crippen LogP contribution >= 0.6 is 22.9 Å². The predicted octanol–water partition coefficient (Wildman–Crippen LogP) is 2.04. The molecule has 0 saturated heterocycles. The summed E-state index contributed by atoms with van der Waals surface area (Å²) in [6, 6.07) is 0. The van der Waals surface area contributed by atoms with Gasteiger partial charge in [0.15, 0.2) is 0 Å². The van der Waals surface area contributed by atoms with E-state index in [9.17, 15) is 0 Å². The Labute approximate surface area is 73.4 Å². The van der Waals surface area contributed by atoms with Crippen LogP contribution in [0.15, 0.2) is 12.3 Å². The summed E-state index contributed by atoms with van der Waals surface area (Å²) in [5.41, 5.74) is 2.51. The second-order valence-electron chi connectivity index (χ2n) is 2.37. The highest BCUT2D eigenvalue weighted by atomic mass is 127. The molecule has 0 amide bonds. The van der Waals surface area contributed by atoms with Gasteiger partial charge in [0.25, 0.3) is 0 Å². The highest BCUT2D eigenvalue weighted by Gasteiger charge is 2.07. The van der Waals surface area contributed by atoms with Gasteiger partial charge in [-0.3, -0.25) is 0 Å². The lowest BCUT2D eigenvalue weighted by Crippen LogP contribution is -1.89. The number of fused-ring (bicyclic) bond motifs is 1. The smallest absolute Gasteiger partial charge is 0.0888 e. The van der Waals surface area contributed by atoms with Gasteiger partial charge in [0.05, 0.1) is 28.6 Å². The standard InChI is InChI=1S/C7H7IN2/c8-10-5-6-3-1-2-4-7(6)9-10/h2,4-5H,1,3H2. The van der Waals surface area contributed by atoms with Crippen molar-refractivity contribution in [2.75, 3.05) is 0 Å². The molecule has 2 nitrogen and oxygen atoms in total. The van der Waals surface area contributed by atoms with E-state index >= 15 is 0 Å². The predicted molar refractivity (Wildman–Crippen MR) is 49.0 cm³/mol. The molecular formula is C7H7IN2. The van der Waals surface area contributed by atoms with Crippen LogP contribution in [0.25, 0.3) is 6.08 Å². The summed E-state index contributed by atoms with van der Waals surface area (Å²) in [6.07, 6.45) is 8.66. The second kappa shape index (κ2) is 2.38. The van der Waals surface area contributed by atoms with Crippen molar-refractivity contribution in [2.45, 2.75) is 12.8 Å². The summed E-state index contributed by atoms with van der Waals surface area (Å²) in [7, 11) is 0. The van der Waals surface area contributed by atoms with Gasteiger partial charge in [-0.2, -0.15) is 5.10 Å². The van der Waals surface area contributed by atoms with E-state index in [1.165, 1.54) is 5.56 Å². The number of allylic oxidation sites excluding steroid dienone is 1. The van der Waals surface area contributed by atoms with Gasteiger partial charge in [0, 0.05) is 6.20 Å². The monoisotopic (exact) mass is 246 g/mol. The number of halogens is 1. The topological polar surface area (TPSA) is 17.8 Å². The summed E-state index contributed by atoms with van der Waals surface area (Å²) in [6.45, 7) is 0. The van der Waals surface area contributed by atoms with E-state index in [1.807, 2.05) is 2.90 Å². The van der Waals surface area contributed by atoms with Crippen LogP contribution in [0.3, 0.4) is 0 Å². The van der Waals surface area contributed by atoms with Crippen molar-refractivity contribution in [1.29, 1.82) is 0 Å². The lowest BCUT2D eigenvalue weighted by molar-refractivity contribution is 0.984. The second-order valence-corrected chi connectivity index (χ2v) is 3.36. The molecule has 0 fully saturated rings. The maximum absolute atomic E-state index is 4.27. The van der Waals surface area contributed by atoms with Gasteiger partial charge in [-0.25, -0.2) is 2.90 Å². The molecule has 1 aromatic heterocycles. The van der Waals surface area contributed by atoms with Gasteiger partial charge in [0.2, 0.25) is 0 Å². The fraction of sp³-hybridized carbons (Fsp3) is 0.286. The zero-order valence-corrected chi connectivity index (χ0v) is 7.58. The molecule has 0 saturated carbocycles. The number of nitrogens with zero attached hydrogens (tertiary/aromatic N) is 2. The quantitative estimate of drug-likeness (QED) is 0.640. The fourth-order valence-electron chi connectivity index (χ4n) is 1.16.